The lowest BCUT2D eigenvalue weighted by molar-refractivity contribution is -0.159. The minimum atomic E-state index is -1.11. The van der Waals surface area contributed by atoms with Crippen LogP contribution in [0.5, 0.6) is 0 Å². The number of rotatable bonds is 3. The Balaban J connectivity index is 2.70. The smallest absolute Gasteiger partial charge is 0.326 e. The van der Waals surface area contributed by atoms with Crippen LogP contribution in [0.4, 0.5) is 0 Å². The van der Waals surface area contributed by atoms with Gasteiger partial charge in [-0.2, -0.15) is 0 Å². The lowest BCUT2D eigenvalue weighted by Crippen LogP contribution is -2.41. The fourth-order valence-corrected chi connectivity index (χ4v) is 1.26. The van der Waals surface area contributed by atoms with Gasteiger partial charge in [0.15, 0.2) is 0 Å². The van der Waals surface area contributed by atoms with Gasteiger partial charge >= 0.3 is 5.97 Å². The Morgan fingerprint density at radius 1 is 1.53 bits per heavy atom. The first-order chi connectivity index (χ1) is 7.81. The molecule has 17 heavy (non-hydrogen) atoms. The molecule has 0 bridgehead atoms. The zero-order valence-electron chi connectivity index (χ0n) is 10.3. The highest BCUT2D eigenvalue weighted by Gasteiger charge is 2.28. The summed E-state index contributed by atoms with van der Waals surface area (Å²) in [6.07, 6.45) is 1.93. The number of nitrogens with two attached hydrogens (primary N) is 1. The van der Waals surface area contributed by atoms with Crippen molar-refractivity contribution in [2.75, 3.05) is 0 Å². The molecule has 1 rings (SSSR count). The number of hydrogen-bond donors (Lipinski definition) is 2. The van der Waals surface area contributed by atoms with E-state index in [1.807, 2.05) is 0 Å². The lowest BCUT2D eigenvalue weighted by atomic mass is 10.0. The van der Waals surface area contributed by atoms with E-state index in [9.17, 15) is 9.90 Å². The van der Waals surface area contributed by atoms with E-state index in [-0.39, 0.29) is 0 Å². The van der Waals surface area contributed by atoms with E-state index in [2.05, 4.69) is 4.98 Å². The third-order valence-electron chi connectivity index (χ3n) is 2.05. The molecule has 94 valence electrons. The van der Waals surface area contributed by atoms with Crippen molar-refractivity contribution in [1.82, 2.24) is 4.98 Å². The second kappa shape index (κ2) is 5.25. The van der Waals surface area contributed by atoms with Crippen LogP contribution in [0.25, 0.3) is 0 Å². The van der Waals surface area contributed by atoms with Crippen LogP contribution in [-0.4, -0.2) is 27.7 Å². The second-order valence-electron chi connectivity index (χ2n) is 4.79. The van der Waals surface area contributed by atoms with Crippen LogP contribution in [0.1, 0.15) is 32.4 Å². The summed E-state index contributed by atoms with van der Waals surface area (Å²) in [5.74, 6) is -0.631. The van der Waals surface area contributed by atoms with Gasteiger partial charge < -0.3 is 15.6 Å². The third-order valence-corrected chi connectivity index (χ3v) is 2.05. The Hall–Kier alpha value is -1.46. The van der Waals surface area contributed by atoms with Gasteiger partial charge in [0.2, 0.25) is 0 Å². The summed E-state index contributed by atoms with van der Waals surface area (Å²) in [5, 5.41) is 9.89. The van der Waals surface area contributed by atoms with Gasteiger partial charge in [0, 0.05) is 18.0 Å². The van der Waals surface area contributed by atoms with Gasteiger partial charge in [-0.05, 0) is 26.8 Å². The summed E-state index contributed by atoms with van der Waals surface area (Å²) < 4.78 is 5.10. The number of aliphatic hydroxyl groups is 1. The highest BCUT2D eigenvalue weighted by atomic mass is 16.6. The Morgan fingerprint density at radius 2 is 2.18 bits per heavy atom. The molecule has 1 aromatic heterocycles. The number of pyridine rings is 1. The summed E-state index contributed by atoms with van der Waals surface area (Å²) in [4.78, 5) is 15.5. The molecular formula is C12H18N2O3. The van der Waals surface area contributed by atoms with Crippen molar-refractivity contribution in [1.29, 1.82) is 0 Å². The molecule has 0 radical (unpaired) electrons. The number of esters is 1. The monoisotopic (exact) mass is 238 g/mol. The van der Waals surface area contributed by atoms with Crippen molar-refractivity contribution in [3.05, 3.63) is 30.1 Å². The number of carbonyl (C=O) groups is 1. The number of aliphatic hydroxyl groups excluding tert-OH is 1. The van der Waals surface area contributed by atoms with Crippen LogP contribution in [0.2, 0.25) is 0 Å². The Bertz CT molecular complexity index is 373. The maximum absolute atomic E-state index is 11.6. The maximum Gasteiger partial charge on any atom is 0.326 e. The lowest BCUT2D eigenvalue weighted by Gasteiger charge is -2.24. The molecule has 1 aromatic rings. The van der Waals surface area contributed by atoms with Crippen molar-refractivity contribution in [2.45, 2.75) is 38.5 Å². The number of aromatic nitrogens is 1. The first kappa shape index (κ1) is 13.6. The minimum Gasteiger partial charge on any atom is -0.459 e. The van der Waals surface area contributed by atoms with Gasteiger partial charge in [0.1, 0.15) is 17.7 Å². The van der Waals surface area contributed by atoms with Gasteiger partial charge in [0.05, 0.1) is 0 Å². The summed E-state index contributed by atoms with van der Waals surface area (Å²) in [6, 6.07) is 2.21. The first-order valence-electron chi connectivity index (χ1n) is 5.38. The molecule has 0 aromatic carbocycles. The SMILES string of the molecule is CC(C)(C)OC(=O)C(N)C(O)c1cccnc1. The maximum atomic E-state index is 11.6. The molecule has 0 saturated carbocycles. The average molecular weight is 238 g/mol. The molecule has 0 aliphatic rings. The third kappa shape index (κ3) is 4.13. The molecule has 5 nitrogen and oxygen atoms in total. The molecule has 3 N–H and O–H groups in total. The van der Waals surface area contributed by atoms with E-state index in [1.54, 1.807) is 39.1 Å². The predicted octanol–water partition coefficient (Wildman–Crippen LogP) is 0.784. The van der Waals surface area contributed by atoms with Crippen molar-refractivity contribution in [3.8, 4) is 0 Å². The van der Waals surface area contributed by atoms with Crippen molar-refractivity contribution >= 4 is 5.97 Å². The number of hydrogen-bond acceptors (Lipinski definition) is 5. The van der Waals surface area contributed by atoms with Crippen molar-refractivity contribution in [3.63, 3.8) is 0 Å². The Labute approximate surface area is 101 Å². The zero-order valence-corrected chi connectivity index (χ0v) is 10.3. The second-order valence-corrected chi connectivity index (χ2v) is 4.79. The Morgan fingerprint density at radius 3 is 2.65 bits per heavy atom. The van der Waals surface area contributed by atoms with Gasteiger partial charge in [0.25, 0.3) is 0 Å². The minimum absolute atomic E-state index is 0.492. The largest absolute Gasteiger partial charge is 0.459 e. The fraction of sp³-hybridized carbons (Fsp3) is 0.500. The molecular weight excluding hydrogens is 220 g/mol. The summed E-state index contributed by atoms with van der Waals surface area (Å²) in [6.45, 7) is 5.23. The topological polar surface area (TPSA) is 85.4 Å². The van der Waals surface area contributed by atoms with E-state index in [4.69, 9.17) is 10.5 Å². The van der Waals surface area contributed by atoms with Crippen molar-refractivity contribution < 1.29 is 14.6 Å². The van der Waals surface area contributed by atoms with E-state index in [0.29, 0.717) is 5.56 Å². The normalized spacial score (nSPS) is 15.1. The molecule has 0 fully saturated rings. The summed E-state index contributed by atoms with van der Waals surface area (Å²) in [7, 11) is 0. The predicted molar refractivity (Wildman–Crippen MR) is 63.0 cm³/mol. The zero-order chi connectivity index (χ0) is 13.1. The van der Waals surface area contributed by atoms with Gasteiger partial charge in [-0.25, -0.2) is 0 Å². The van der Waals surface area contributed by atoms with Crippen LogP contribution in [0.15, 0.2) is 24.5 Å². The first-order valence-corrected chi connectivity index (χ1v) is 5.38. The van der Waals surface area contributed by atoms with Crippen LogP contribution in [0, 0.1) is 0 Å². The molecule has 0 spiro atoms. The van der Waals surface area contributed by atoms with E-state index >= 15 is 0 Å². The average Bonchev–Trinajstić information content (AvgIpc) is 2.26. The molecule has 0 aliphatic carbocycles. The van der Waals surface area contributed by atoms with Crippen LogP contribution < -0.4 is 5.73 Å². The van der Waals surface area contributed by atoms with Gasteiger partial charge in [-0.15, -0.1) is 0 Å². The molecule has 0 amide bonds. The fourth-order valence-electron chi connectivity index (χ4n) is 1.26. The Kier molecular flexibility index (Phi) is 4.20. The standard InChI is InChI=1S/C12H18N2O3/c1-12(2,3)17-11(16)9(13)10(15)8-5-4-6-14-7-8/h4-7,9-10,15H,13H2,1-3H3. The molecule has 2 atom stereocenters. The molecule has 5 heteroatoms. The number of carbonyl (C=O) groups excluding carboxylic acids is 1. The summed E-state index contributed by atoms with van der Waals surface area (Å²) >= 11 is 0. The van der Waals surface area contributed by atoms with Crippen LogP contribution >= 0.6 is 0 Å². The highest BCUT2D eigenvalue weighted by molar-refractivity contribution is 5.76. The number of nitrogens with zero attached hydrogens (tertiary/aromatic N) is 1. The summed E-state index contributed by atoms with van der Waals surface area (Å²) in [5.41, 5.74) is 5.52. The highest BCUT2D eigenvalue weighted by Crippen LogP contribution is 2.17. The molecule has 0 aliphatic heterocycles. The van der Waals surface area contributed by atoms with Gasteiger partial charge in [-0.1, -0.05) is 6.07 Å². The van der Waals surface area contributed by atoms with Crippen LogP contribution in [-0.2, 0) is 9.53 Å². The van der Waals surface area contributed by atoms with E-state index in [1.165, 1.54) is 6.20 Å². The van der Waals surface area contributed by atoms with Gasteiger partial charge in [-0.3, -0.25) is 9.78 Å². The molecule has 1 heterocycles. The van der Waals surface area contributed by atoms with Crippen LogP contribution in [0.3, 0.4) is 0 Å². The quantitative estimate of drug-likeness (QED) is 0.760. The molecule has 0 saturated heterocycles. The van der Waals surface area contributed by atoms with E-state index < -0.39 is 23.7 Å². The van der Waals surface area contributed by atoms with E-state index in [0.717, 1.165) is 0 Å². The number of ether oxygens (including phenoxy) is 1. The van der Waals surface area contributed by atoms with Crippen molar-refractivity contribution in [2.24, 2.45) is 5.73 Å². The molecule has 2 unspecified atom stereocenters.